The first-order valence-electron chi connectivity index (χ1n) is 5.67. The summed E-state index contributed by atoms with van der Waals surface area (Å²) in [5, 5.41) is 0. The van der Waals surface area contributed by atoms with Crippen LogP contribution in [0.3, 0.4) is 0 Å². The van der Waals surface area contributed by atoms with Crippen LogP contribution in [0.1, 0.15) is 6.92 Å². The average Bonchev–Trinajstić information content (AvgIpc) is 2.38. The molecule has 1 unspecified atom stereocenters. The van der Waals surface area contributed by atoms with Crippen LogP contribution in [0.15, 0.2) is 24.3 Å². The summed E-state index contributed by atoms with van der Waals surface area (Å²) < 4.78 is 10.9. The molecule has 0 aliphatic rings. The molecule has 4 heteroatoms. The van der Waals surface area contributed by atoms with E-state index in [0.717, 1.165) is 28.9 Å². The van der Waals surface area contributed by atoms with Crippen molar-refractivity contribution in [2.75, 3.05) is 31.1 Å². The van der Waals surface area contributed by atoms with Gasteiger partial charge in [-0.1, -0.05) is 19.1 Å². The minimum absolute atomic E-state index is 0.563. The molecule has 0 aliphatic carbocycles. The monoisotopic (exact) mass is 274 g/mol. The van der Waals surface area contributed by atoms with Gasteiger partial charge in [-0.2, -0.15) is 11.8 Å². The summed E-state index contributed by atoms with van der Waals surface area (Å²) in [6.07, 6.45) is 0. The fourth-order valence-electron chi connectivity index (χ4n) is 1.28. The Morgan fingerprint density at radius 1 is 1.29 bits per heavy atom. The van der Waals surface area contributed by atoms with E-state index >= 15 is 0 Å². The Morgan fingerprint density at radius 2 is 2.00 bits per heavy atom. The molecule has 1 atom stereocenters. The van der Waals surface area contributed by atoms with E-state index in [4.69, 9.17) is 21.1 Å². The zero-order valence-corrected chi connectivity index (χ0v) is 11.9. The van der Waals surface area contributed by atoms with Gasteiger partial charge in [0.2, 0.25) is 0 Å². The van der Waals surface area contributed by atoms with Crippen LogP contribution in [-0.2, 0) is 0 Å². The van der Waals surface area contributed by atoms with Crippen LogP contribution < -0.4 is 9.47 Å². The van der Waals surface area contributed by atoms with E-state index in [-0.39, 0.29) is 0 Å². The van der Waals surface area contributed by atoms with Gasteiger partial charge in [0.25, 0.3) is 0 Å². The quantitative estimate of drug-likeness (QED) is 0.532. The van der Waals surface area contributed by atoms with Crippen LogP contribution in [0.2, 0.25) is 0 Å². The van der Waals surface area contributed by atoms with Crippen molar-refractivity contribution in [3.8, 4) is 11.5 Å². The van der Waals surface area contributed by atoms with Gasteiger partial charge in [-0.3, -0.25) is 0 Å². The minimum atomic E-state index is 0.563. The van der Waals surface area contributed by atoms with Crippen molar-refractivity contribution in [2.24, 2.45) is 5.92 Å². The average molecular weight is 275 g/mol. The predicted molar refractivity (Wildman–Crippen MR) is 75.7 cm³/mol. The first kappa shape index (κ1) is 14.5. The highest BCUT2D eigenvalue weighted by Gasteiger charge is 2.03. The van der Waals surface area contributed by atoms with E-state index in [1.54, 1.807) is 7.11 Å². The molecule has 1 aromatic rings. The van der Waals surface area contributed by atoms with E-state index in [0.29, 0.717) is 12.5 Å². The van der Waals surface area contributed by atoms with Crippen molar-refractivity contribution in [2.45, 2.75) is 6.92 Å². The number of benzene rings is 1. The Bertz CT molecular complexity index is 320. The molecule has 1 rings (SSSR count). The van der Waals surface area contributed by atoms with Crippen LogP contribution in [0.4, 0.5) is 0 Å². The van der Waals surface area contributed by atoms with E-state index < -0.39 is 0 Å². The number of alkyl halides is 1. The number of thioether (sulfide) groups is 1. The molecule has 0 spiro atoms. The SMILES string of the molecule is COc1ccccc1OCCSCC(C)CCl. The lowest BCUT2D eigenvalue weighted by molar-refractivity contribution is 0.313. The molecule has 0 saturated heterocycles. The van der Waals surface area contributed by atoms with E-state index in [1.165, 1.54) is 0 Å². The Kier molecular flexibility index (Phi) is 7.29. The zero-order valence-electron chi connectivity index (χ0n) is 10.3. The number of para-hydroxylation sites is 2. The summed E-state index contributed by atoms with van der Waals surface area (Å²) >= 11 is 7.61. The molecular formula is C13H19ClO2S. The lowest BCUT2D eigenvalue weighted by Crippen LogP contribution is -2.05. The van der Waals surface area contributed by atoms with Gasteiger partial charge in [0, 0.05) is 11.6 Å². The summed E-state index contributed by atoms with van der Waals surface area (Å²) in [6.45, 7) is 2.85. The summed E-state index contributed by atoms with van der Waals surface area (Å²) in [5.41, 5.74) is 0. The van der Waals surface area contributed by atoms with E-state index in [1.807, 2.05) is 36.0 Å². The van der Waals surface area contributed by atoms with Gasteiger partial charge >= 0.3 is 0 Å². The molecule has 0 fully saturated rings. The summed E-state index contributed by atoms with van der Waals surface area (Å²) in [7, 11) is 1.65. The van der Waals surface area contributed by atoms with Gasteiger partial charge < -0.3 is 9.47 Å². The van der Waals surface area contributed by atoms with Crippen LogP contribution in [-0.4, -0.2) is 31.1 Å². The van der Waals surface area contributed by atoms with Crippen LogP contribution in [0.25, 0.3) is 0 Å². The number of ether oxygens (including phenoxy) is 2. The number of halogens is 1. The minimum Gasteiger partial charge on any atom is -0.493 e. The third kappa shape index (κ3) is 5.55. The normalized spacial score (nSPS) is 12.2. The number of rotatable bonds is 8. The third-order valence-corrected chi connectivity index (χ3v) is 4.01. The van der Waals surface area contributed by atoms with Crippen molar-refractivity contribution < 1.29 is 9.47 Å². The summed E-state index contributed by atoms with van der Waals surface area (Å²) in [4.78, 5) is 0. The molecule has 2 nitrogen and oxygen atoms in total. The van der Waals surface area contributed by atoms with Gasteiger partial charge in [-0.25, -0.2) is 0 Å². The second-order valence-corrected chi connectivity index (χ2v) is 5.29. The second-order valence-electron chi connectivity index (χ2n) is 3.83. The smallest absolute Gasteiger partial charge is 0.161 e. The molecule has 0 saturated carbocycles. The van der Waals surface area contributed by atoms with Crippen LogP contribution in [0.5, 0.6) is 11.5 Å². The van der Waals surface area contributed by atoms with Gasteiger partial charge in [0.05, 0.1) is 13.7 Å². The lowest BCUT2D eigenvalue weighted by atomic mass is 10.3. The molecule has 0 amide bonds. The first-order chi connectivity index (χ1) is 8.27. The topological polar surface area (TPSA) is 18.5 Å². The molecule has 0 aromatic heterocycles. The maximum absolute atomic E-state index is 5.74. The Balaban J connectivity index is 2.22. The van der Waals surface area contributed by atoms with Gasteiger partial charge in [-0.15, -0.1) is 11.6 Å². The van der Waals surface area contributed by atoms with Crippen molar-refractivity contribution in [3.63, 3.8) is 0 Å². The Labute approximate surface area is 113 Å². The lowest BCUT2D eigenvalue weighted by Gasteiger charge is -2.10. The zero-order chi connectivity index (χ0) is 12.5. The first-order valence-corrected chi connectivity index (χ1v) is 7.36. The highest BCUT2D eigenvalue weighted by Crippen LogP contribution is 2.25. The number of hydrogen-bond acceptors (Lipinski definition) is 3. The highest BCUT2D eigenvalue weighted by atomic mass is 35.5. The van der Waals surface area contributed by atoms with Gasteiger partial charge in [0.1, 0.15) is 0 Å². The molecule has 96 valence electrons. The van der Waals surface area contributed by atoms with Crippen molar-refractivity contribution in [1.29, 1.82) is 0 Å². The summed E-state index contributed by atoms with van der Waals surface area (Å²) in [6, 6.07) is 7.70. The fraction of sp³-hybridized carbons (Fsp3) is 0.538. The predicted octanol–water partition coefficient (Wildman–Crippen LogP) is 3.68. The van der Waals surface area contributed by atoms with Gasteiger partial charge in [0.15, 0.2) is 11.5 Å². The van der Waals surface area contributed by atoms with Crippen molar-refractivity contribution in [1.82, 2.24) is 0 Å². The maximum atomic E-state index is 5.74. The van der Waals surface area contributed by atoms with Crippen LogP contribution >= 0.6 is 23.4 Å². The molecule has 0 aliphatic heterocycles. The van der Waals surface area contributed by atoms with Gasteiger partial charge in [-0.05, 0) is 23.8 Å². The number of methoxy groups -OCH3 is 1. The molecular weight excluding hydrogens is 256 g/mol. The molecule has 1 aromatic carbocycles. The van der Waals surface area contributed by atoms with Crippen LogP contribution in [0, 0.1) is 5.92 Å². The van der Waals surface area contributed by atoms with E-state index in [9.17, 15) is 0 Å². The molecule has 0 N–H and O–H groups in total. The Hall–Kier alpha value is -0.540. The summed E-state index contributed by atoms with van der Waals surface area (Å²) in [5.74, 6) is 4.93. The molecule has 0 radical (unpaired) electrons. The standard InChI is InChI=1S/C13H19ClO2S/c1-11(9-14)10-17-8-7-16-13-6-4-3-5-12(13)15-2/h3-6,11H,7-10H2,1-2H3. The second kappa shape index (κ2) is 8.54. The fourth-order valence-corrected chi connectivity index (χ4v) is 2.40. The Morgan fingerprint density at radius 3 is 2.65 bits per heavy atom. The van der Waals surface area contributed by atoms with Crippen molar-refractivity contribution >= 4 is 23.4 Å². The molecule has 17 heavy (non-hydrogen) atoms. The largest absolute Gasteiger partial charge is 0.493 e. The van der Waals surface area contributed by atoms with Crippen molar-refractivity contribution in [3.05, 3.63) is 24.3 Å². The van der Waals surface area contributed by atoms with E-state index in [2.05, 4.69) is 6.92 Å². The molecule has 0 heterocycles. The number of hydrogen-bond donors (Lipinski definition) is 0. The third-order valence-electron chi connectivity index (χ3n) is 2.22. The highest BCUT2D eigenvalue weighted by molar-refractivity contribution is 7.99. The maximum Gasteiger partial charge on any atom is 0.161 e. The molecule has 0 bridgehead atoms.